The molecule has 2 heterocycles. The summed E-state index contributed by atoms with van der Waals surface area (Å²) in [4.78, 5) is 32.7. The fraction of sp³-hybridized carbons (Fsp3) is 0.167. The molecule has 4 aromatic rings. The molecule has 4 rings (SSSR count). The first kappa shape index (κ1) is 28.9. The molecule has 2 aromatic carbocycles. The minimum Gasteiger partial charge on any atom is -0.416 e. The van der Waals surface area contributed by atoms with Crippen LogP contribution in [0.5, 0.6) is 5.75 Å². The number of carbonyl (C=O) groups excluding carboxylic acids is 2. The molecule has 17 heteroatoms. The van der Waals surface area contributed by atoms with Gasteiger partial charge in [0.25, 0.3) is 5.89 Å². The standard InChI is InChI=1S/C24H15F7N6O4/c25-14-3-5-15(6-4-14)37(11-18-35-36-21(41-18)20-33-9-16(10-34-20)40-22(32)39)19(38)7-12-1-2-13(23(26,27)28)8-17(12)24(29,30)31/h1-6,8-10H,7,11H2,(H2,32,39). The van der Waals surface area contributed by atoms with Crippen LogP contribution in [-0.2, 0) is 30.1 Å². The van der Waals surface area contributed by atoms with E-state index in [1.807, 2.05) is 0 Å². The zero-order valence-electron chi connectivity index (χ0n) is 20.2. The van der Waals surface area contributed by atoms with Crippen LogP contribution < -0.4 is 15.4 Å². The van der Waals surface area contributed by atoms with Crippen molar-refractivity contribution in [2.75, 3.05) is 4.90 Å². The smallest absolute Gasteiger partial charge is 0.416 e. The lowest BCUT2D eigenvalue weighted by Gasteiger charge is -2.23. The highest BCUT2D eigenvalue weighted by Gasteiger charge is 2.38. The Labute approximate surface area is 224 Å². The van der Waals surface area contributed by atoms with Crippen LogP contribution in [0.2, 0.25) is 0 Å². The monoisotopic (exact) mass is 584 g/mol. The van der Waals surface area contributed by atoms with Crippen molar-refractivity contribution >= 4 is 17.7 Å². The number of hydrogen-bond donors (Lipinski definition) is 1. The summed E-state index contributed by atoms with van der Waals surface area (Å²) in [6.07, 6.45) is -10.2. The van der Waals surface area contributed by atoms with Crippen molar-refractivity contribution in [1.82, 2.24) is 20.2 Å². The van der Waals surface area contributed by atoms with Crippen molar-refractivity contribution in [3.8, 4) is 17.5 Å². The Morgan fingerprint density at radius 2 is 1.59 bits per heavy atom. The number of hydrogen-bond acceptors (Lipinski definition) is 8. The van der Waals surface area contributed by atoms with E-state index in [9.17, 15) is 40.3 Å². The Kier molecular flexibility index (Phi) is 7.89. The van der Waals surface area contributed by atoms with E-state index in [-0.39, 0.29) is 35.1 Å². The molecule has 0 fully saturated rings. The molecule has 41 heavy (non-hydrogen) atoms. The van der Waals surface area contributed by atoms with Crippen molar-refractivity contribution < 1.29 is 49.5 Å². The quantitative estimate of drug-likeness (QED) is 0.302. The first-order valence-corrected chi connectivity index (χ1v) is 11.2. The number of halogens is 7. The van der Waals surface area contributed by atoms with Gasteiger partial charge in [0.05, 0.1) is 29.9 Å². The van der Waals surface area contributed by atoms with Crippen LogP contribution >= 0.6 is 0 Å². The molecule has 0 bridgehead atoms. The van der Waals surface area contributed by atoms with E-state index in [1.54, 1.807) is 0 Å². The van der Waals surface area contributed by atoms with Gasteiger partial charge >= 0.3 is 18.4 Å². The van der Waals surface area contributed by atoms with Gasteiger partial charge in [-0.3, -0.25) is 4.79 Å². The molecular weight excluding hydrogens is 569 g/mol. The molecule has 0 atom stereocenters. The van der Waals surface area contributed by atoms with Crippen molar-refractivity contribution in [3.05, 3.63) is 83.3 Å². The second-order valence-electron chi connectivity index (χ2n) is 8.16. The number of nitrogens with two attached hydrogens (primary N) is 1. The van der Waals surface area contributed by atoms with E-state index in [2.05, 4.69) is 24.9 Å². The van der Waals surface area contributed by atoms with Crippen LogP contribution in [0.15, 0.2) is 59.3 Å². The van der Waals surface area contributed by atoms with Gasteiger partial charge in [0.1, 0.15) is 12.4 Å². The minimum absolute atomic E-state index is 0.0147. The number of aromatic nitrogens is 4. The zero-order valence-corrected chi connectivity index (χ0v) is 20.2. The molecule has 0 radical (unpaired) electrons. The Balaban J connectivity index is 1.63. The molecule has 0 aliphatic rings. The molecular formula is C24H15F7N6O4. The van der Waals surface area contributed by atoms with Crippen LogP contribution in [-0.4, -0.2) is 32.2 Å². The number of anilines is 1. The number of nitrogens with zero attached hydrogens (tertiary/aromatic N) is 5. The topological polar surface area (TPSA) is 137 Å². The highest BCUT2D eigenvalue weighted by atomic mass is 19.4. The normalized spacial score (nSPS) is 11.8. The first-order chi connectivity index (χ1) is 19.2. The van der Waals surface area contributed by atoms with Crippen molar-refractivity contribution in [2.45, 2.75) is 25.3 Å². The third-order valence-electron chi connectivity index (χ3n) is 5.32. The van der Waals surface area contributed by atoms with Gasteiger partial charge in [-0.15, -0.1) is 10.2 Å². The van der Waals surface area contributed by atoms with Gasteiger partial charge < -0.3 is 19.8 Å². The second-order valence-corrected chi connectivity index (χ2v) is 8.16. The lowest BCUT2D eigenvalue weighted by molar-refractivity contribution is -0.143. The van der Waals surface area contributed by atoms with Crippen LogP contribution in [0.3, 0.4) is 0 Å². The molecule has 214 valence electrons. The fourth-order valence-corrected chi connectivity index (χ4v) is 3.51. The van der Waals surface area contributed by atoms with Crippen LogP contribution in [0.4, 0.5) is 41.2 Å². The van der Waals surface area contributed by atoms with E-state index >= 15 is 0 Å². The van der Waals surface area contributed by atoms with E-state index < -0.39 is 59.8 Å². The largest absolute Gasteiger partial charge is 0.416 e. The van der Waals surface area contributed by atoms with Crippen LogP contribution in [0.25, 0.3) is 11.7 Å². The van der Waals surface area contributed by atoms with Crippen LogP contribution in [0.1, 0.15) is 22.6 Å². The Hall–Kier alpha value is -5.09. The van der Waals surface area contributed by atoms with Crippen molar-refractivity contribution in [2.24, 2.45) is 5.73 Å². The predicted molar refractivity (Wildman–Crippen MR) is 123 cm³/mol. The maximum Gasteiger partial charge on any atom is 0.416 e. The van der Waals surface area contributed by atoms with E-state index in [0.29, 0.717) is 12.1 Å². The molecule has 0 aliphatic carbocycles. The summed E-state index contributed by atoms with van der Waals surface area (Å²) >= 11 is 0. The highest BCUT2D eigenvalue weighted by Crippen LogP contribution is 2.38. The van der Waals surface area contributed by atoms with Crippen LogP contribution in [0, 0.1) is 5.82 Å². The van der Waals surface area contributed by atoms with Gasteiger partial charge in [0.2, 0.25) is 17.6 Å². The third-order valence-corrected chi connectivity index (χ3v) is 5.32. The first-order valence-electron chi connectivity index (χ1n) is 11.2. The number of ether oxygens (including phenoxy) is 1. The maximum atomic E-state index is 13.6. The summed E-state index contributed by atoms with van der Waals surface area (Å²) in [5.74, 6) is -2.40. The molecule has 2 N–H and O–H groups in total. The number of carbonyl (C=O) groups is 2. The summed E-state index contributed by atoms with van der Waals surface area (Å²) in [6.45, 7) is -0.525. The number of rotatable bonds is 7. The number of primary amides is 1. The average Bonchev–Trinajstić information content (AvgIpc) is 3.35. The molecule has 0 spiro atoms. The lowest BCUT2D eigenvalue weighted by atomic mass is 10.00. The van der Waals surface area contributed by atoms with Gasteiger partial charge in [-0.25, -0.2) is 19.2 Å². The number of alkyl halides is 6. The van der Waals surface area contributed by atoms with Crippen molar-refractivity contribution in [3.63, 3.8) is 0 Å². The summed E-state index contributed by atoms with van der Waals surface area (Å²) in [5, 5.41) is 7.49. The molecule has 0 saturated heterocycles. The van der Waals surface area contributed by atoms with Gasteiger partial charge in [-0.2, -0.15) is 26.3 Å². The maximum absolute atomic E-state index is 13.6. The molecule has 2 aromatic heterocycles. The Bertz CT molecular complexity index is 1550. The summed E-state index contributed by atoms with van der Waals surface area (Å²) in [6, 6.07) is 5.21. The summed E-state index contributed by atoms with van der Waals surface area (Å²) in [7, 11) is 0. The zero-order chi connectivity index (χ0) is 29.9. The lowest BCUT2D eigenvalue weighted by Crippen LogP contribution is -2.32. The van der Waals surface area contributed by atoms with Crippen molar-refractivity contribution in [1.29, 1.82) is 0 Å². The van der Waals surface area contributed by atoms with Gasteiger partial charge in [-0.1, -0.05) is 6.07 Å². The summed E-state index contributed by atoms with van der Waals surface area (Å²) < 4.78 is 104. The van der Waals surface area contributed by atoms with E-state index in [0.717, 1.165) is 41.6 Å². The molecule has 0 saturated carbocycles. The number of benzene rings is 2. The molecule has 10 nitrogen and oxygen atoms in total. The Morgan fingerprint density at radius 1 is 0.927 bits per heavy atom. The van der Waals surface area contributed by atoms with Gasteiger partial charge in [0, 0.05) is 5.69 Å². The van der Waals surface area contributed by atoms with Gasteiger partial charge in [-0.05, 0) is 42.0 Å². The third kappa shape index (κ3) is 7.11. The highest BCUT2D eigenvalue weighted by molar-refractivity contribution is 5.94. The SMILES string of the molecule is NC(=O)Oc1cnc(-c2nnc(CN(C(=O)Cc3ccc(C(F)(F)F)cc3C(F)(F)F)c3ccc(F)cc3)o2)nc1. The number of amides is 2. The fourth-order valence-electron chi connectivity index (χ4n) is 3.51. The van der Waals surface area contributed by atoms with E-state index in [4.69, 9.17) is 10.2 Å². The van der Waals surface area contributed by atoms with E-state index in [1.165, 1.54) is 0 Å². The molecule has 2 amide bonds. The second kappa shape index (κ2) is 11.2. The predicted octanol–water partition coefficient (Wildman–Crippen LogP) is 4.94. The average molecular weight is 584 g/mol. The summed E-state index contributed by atoms with van der Waals surface area (Å²) in [5.41, 5.74) is 1.01. The minimum atomic E-state index is -5.20. The molecule has 0 unspecified atom stereocenters. The Morgan fingerprint density at radius 3 is 2.17 bits per heavy atom. The van der Waals surface area contributed by atoms with Gasteiger partial charge in [0.15, 0.2) is 5.75 Å². The molecule has 0 aliphatic heterocycles.